The number of nitrogens with one attached hydrogen (secondary N) is 2. The molecule has 7 nitrogen and oxygen atoms in total. The zero-order valence-corrected chi connectivity index (χ0v) is 20.1. The topological polar surface area (TPSA) is 88.9 Å². The molecule has 0 bridgehead atoms. The van der Waals surface area contributed by atoms with E-state index in [2.05, 4.69) is 20.8 Å². The van der Waals surface area contributed by atoms with Crippen molar-refractivity contribution in [2.45, 2.75) is 18.1 Å². The van der Waals surface area contributed by atoms with Gasteiger partial charge in [0.15, 0.2) is 11.0 Å². The molecule has 0 radical (unpaired) electrons. The second-order valence-electron chi connectivity index (χ2n) is 7.83. The molecule has 0 aliphatic carbocycles. The van der Waals surface area contributed by atoms with Gasteiger partial charge in [-0.3, -0.25) is 9.59 Å². The number of halogens is 1. The van der Waals surface area contributed by atoms with Crippen LogP contribution in [-0.4, -0.2) is 32.3 Å². The van der Waals surface area contributed by atoms with Crippen LogP contribution in [0.3, 0.4) is 0 Å². The lowest BCUT2D eigenvalue weighted by molar-refractivity contribution is -0.113. The van der Waals surface area contributed by atoms with Gasteiger partial charge in [0.2, 0.25) is 5.91 Å². The van der Waals surface area contributed by atoms with Gasteiger partial charge in [-0.1, -0.05) is 66.4 Å². The number of anilines is 1. The average Bonchev–Trinajstić information content (AvgIpc) is 3.23. The summed E-state index contributed by atoms with van der Waals surface area (Å²) in [5, 5.41) is 14.4. The third kappa shape index (κ3) is 5.75. The van der Waals surface area contributed by atoms with Crippen LogP contribution in [0.5, 0.6) is 0 Å². The largest absolute Gasteiger partial charge is 0.345 e. The number of amides is 2. The van der Waals surface area contributed by atoms with E-state index in [1.54, 1.807) is 54.1 Å². The Morgan fingerprint density at radius 3 is 2.43 bits per heavy atom. The van der Waals surface area contributed by atoms with Crippen molar-refractivity contribution >= 4 is 29.3 Å². The molecule has 4 rings (SSSR count). The van der Waals surface area contributed by atoms with E-state index in [-0.39, 0.29) is 23.6 Å². The van der Waals surface area contributed by atoms with Gasteiger partial charge in [-0.15, -0.1) is 10.2 Å². The summed E-state index contributed by atoms with van der Waals surface area (Å²) in [7, 11) is 1.72. The molecule has 0 saturated heterocycles. The van der Waals surface area contributed by atoms with E-state index in [0.29, 0.717) is 27.8 Å². The molecule has 0 aliphatic heterocycles. The minimum atomic E-state index is -0.395. The first-order valence-electron chi connectivity index (χ1n) is 11.0. The third-order valence-electron chi connectivity index (χ3n) is 5.37. The van der Waals surface area contributed by atoms with E-state index >= 15 is 0 Å². The van der Waals surface area contributed by atoms with E-state index < -0.39 is 5.82 Å². The highest BCUT2D eigenvalue weighted by Crippen LogP contribution is 2.25. The summed E-state index contributed by atoms with van der Waals surface area (Å²) in [6, 6.07) is 22.6. The molecule has 1 unspecified atom stereocenters. The van der Waals surface area contributed by atoms with E-state index in [9.17, 15) is 14.0 Å². The van der Waals surface area contributed by atoms with Gasteiger partial charge in [-0.2, -0.15) is 0 Å². The molecule has 178 valence electrons. The number of hydrogen-bond acceptors (Lipinski definition) is 5. The summed E-state index contributed by atoms with van der Waals surface area (Å²) in [4.78, 5) is 25.6. The monoisotopic (exact) mass is 489 g/mol. The Morgan fingerprint density at radius 2 is 1.66 bits per heavy atom. The van der Waals surface area contributed by atoms with Gasteiger partial charge < -0.3 is 15.2 Å². The van der Waals surface area contributed by atoms with Crippen LogP contribution in [0.25, 0.3) is 11.4 Å². The van der Waals surface area contributed by atoms with Crippen LogP contribution in [0.1, 0.15) is 28.9 Å². The predicted octanol–water partition coefficient (Wildman–Crippen LogP) is 4.84. The smallest absolute Gasteiger partial charge is 0.253 e. The fourth-order valence-electron chi connectivity index (χ4n) is 3.52. The molecule has 0 aliphatic rings. The van der Waals surface area contributed by atoms with Crippen LogP contribution in [0.2, 0.25) is 0 Å². The minimum Gasteiger partial charge on any atom is -0.345 e. The summed E-state index contributed by atoms with van der Waals surface area (Å²) in [5.41, 5.74) is 2.11. The molecule has 1 heterocycles. The molecule has 1 atom stereocenters. The number of benzene rings is 3. The summed E-state index contributed by atoms with van der Waals surface area (Å²) < 4.78 is 15.8. The lowest BCUT2D eigenvalue weighted by Gasteiger charge is -2.16. The van der Waals surface area contributed by atoms with Crippen molar-refractivity contribution in [3.05, 3.63) is 95.8 Å². The highest BCUT2D eigenvalue weighted by atomic mass is 32.2. The van der Waals surface area contributed by atoms with Gasteiger partial charge in [0.25, 0.3) is 5.91 Å². The average molecular weight is 490 g/mol. The van der Waals surface area contributed by atoms with Gasteiger partial charge in [0.05, 0.1) is 28.6 Å². The minimum absolute atomic E-state index is 0.0413. The number of hydrogen-bond donors (Lipinski definition) is 2. The summed E-state index contributed by atoms with van der Waals surface area (Å²) in [5.74, 6) is -0.566. The number of rotatable bonds is 8. The van der Waals surface area contributed by atoms with E-state index in [1.165, 1.54) is 17.8 Å². The Kier molecular flexibility index (Phi) is 7.57. The van der Waals surface area contributed by atoms with Crippen molar-refractivity contribution in [1.82, 2.24) is 20.1 Å². The van der Waals surface area contributed by atoms with E-state index in [4.69, 9.17) is 0 Å². The van der Waals surface area contributed by atoms with Crippen molar-refractivity contribution in [3.8, 4) is 11.4 Å². The molecule has 1 aromatic heterocycles. The van der Waals surface area contributed by atoms with Crippen molar-refractivity contribution in [1.29, 1.82) is 0 Å². The molecule has 0 fully saturated rings. The van der Waals surface area contributed by atoms with Crippen LogP contribution < -0.4 is 10.6 Å². The summed E-state index contributed by atoms with van der Waals surface area (Å²) in [6.07, 6.45) is 0. The standard InChI is InChI=1S/C26H24FN5O2S/c1-17(18-10-4-3-5-11-18)28-25(34)20-13-7-9-15-22(20)29-23(33)16-35-26-31-30-24(32(26)2)19-12-6-8-14-21(19)27/h3-15,17H,16H2,1-2H3,(H,28,34)(H,29,33). The van der Waals surface area contributed by atoms with Crippen LogP contribution in [0.4, 0.5) is 10.1 Å². The van der Waals surface area contributed by atoms with Crippen molar-refractivity contribution in [2.75, 3.05) is 11.1 Å². The Hall–Kier alpha value is -3.98. The van der Waals surface area contributed by atoms with Crippen molar-refractivity contribution in [2.24, 2.45) is 7.05 Å². The van der Waals surface area contributed by atoms with Crippen LogP contribution >= 0.6 is 11.8 Å². The van der Waals surface area contributed by atoms with Gasteiger partial charge >= 0.3 is 0 Å². The highest BCUT2D eigenvalue weighted by Gasteiger charge is 2.18. The summed E-state index contributed by atoms with van der Waals surface area (Å²) >= 11 is 1.17. The van der Waals surface area contributed by atoms with E-state index in [1.807, 2.05) is 37.3 Å². The third-order valence-corrected chi connectivity index (χ3v) is 6.40. The maximum absolute atomic E-state index is 14.1. The Bertz CT molecular complexity index is 1340. The first-order chi connectivity index (χ1) is 16.9. The highest BCUT2D eigenvalue weighted by molar-refractivity contribution is 7.99. The Balaban J connectivity index is 1.40. The second kappa shape index (κ2) is 11.0. The quantitative estimate of drug-likeness (QED) is 0.346. The normalized spacial score (nSPS) is 11.6. The zero-order chi connectivity index (χ0) is 24.8. The summed E-state index contributed by atoms with van der Waals surface area (Å²) in [6.45, 7) is 1.90. The SMILES string of the molecule is CC(NC(=O)c1ccccc1NC(=O)CSc1nnc(-c2ccccc2F)n1C)c1ccccc1. The van der Waals surface area contributed by atoms with Gasteiger partial charge in [0, 0.05) is 7.05 Å². The predicted molar refractivity (Wildman–Crippen MR) is 135 cm³/mol. The van der Waals surface area contributed by atoms with Crippen molar-refractivity contribution in [3.63, 3.8) is 0 Å². The maximum Gasteiger partial charge on any atom is 0.253 e. The molecule has 0 saturated carbocycles. The first kappa shape index (κ1) is 24.2. The number of carbonyl (C=O) groups excluding carboxylic acids is 2. The fraction of sp³-hybridized carbons (Fsp3) is 0.154. The second-order valence-corrected chi connectivity index (χ2v) is 8.78. The number of thioether (sulfide) groups is 1. The molecule has 4 aromatic rings. The van der Waals surface area contributed by atoms with E-state index in [0.717, 1.165) is 5.56 Å². The number of aromatic nitrogens is 3. The Labute approximate surface area is 206 Å². The first-order valence-corrected chi connectivity index (χ1v) is 11.9. The van der Waals surface area contributed by atoms with Crippen LogP contribution in [0, 0.1) is 5.82 Å². The molecule has 2 amide bonds. The van der Waals surface area contributed by atoms with Gasteiger partial charge in [-0.05, 0) is 36.8 Å². The van der Waals surface area contributed by atoms with Crippen LogP contribution in [0.15, 0.2) is 84.0 Å². The van der Waals surface area contributed by atoms with Crippen LogP contribution in [-0.2, 0) is 11.8 Å². The van der Waals surface area contributed by atoms with Gasteiger partial charge in [-0.25, -0.2) is 4.39 Å². The lowest BCUT2D eigenvalue weighted by Crippen LogP contribution is -2.28. The molecule has 0 spiro atoms. The molecule has 3 aromatic carbocycles. The number of para-hydroxylation sites is 1. The molecule has 2 N–H and O–H groups in total. The molecular weight excluding hydrogens is 465 g/mol. The molecule has 9 heteroatoms. The molecular formula is C26H24FN5O2S. The maximum atomic E-state index is 14.1. The lowest BCUT2D eigenvalue weighted by atomic mass is 10.1. The van der Waals surface area contributed by atoms with Crippen molar-refractivity contribution < 1.29 is 14.0 Å². The Morgan fingerprint density at radius 1 is 0.971 bits per heavy atom. The number of nitrogens with zero attached hydrogens (tertiary/aromatic N) is 3. The zero-order valence-electron chi connectivity index (χ0n) is 19.2. The molecule has 35 heavy (non-hydrogen) atoms. The van der Waals surface area contributed by atoms with Gasteiger partial charge in [0.1, 0.15) is 5.82 Å². The fourth-order valence-corrected chi connectivity index (χ4v) is 4.23. The number of carbonyl (C=O) groups is 2.